The van der Waals surface area contributed by atoms with Crippen molar-refractivity contribution in [1.82, 2.24) is 15.5 Å². The minimum absolute atomic E-state index is 0.0953. The normalized spacial score (nSPS) is 17.5. The average Bonchev–Trinajstić information content (AvgIpc) is 3.30. The molecule has 2 amide bonds. The van der Waals surface area contributed by atoms with Crippen molar-refractivity contribution < 1.29 is 24.2 Å². The van der Waals surface area contributed by atoms with Crippen LogP contribution in [0.4, 0.5) is 4.79 Å². The second-order valence-corrected chi connectivity index (χ2v) is 11.2. The SMILES string of the molecule is CC(NC(=O)C1(NC(=O)OCC2c3ccccc3-c3ccccc32)CCN(Cc2ccccc2)CC1)C(C)C(=O)O. The highest BCUT2D eigenvalue weighted by atomic mass is 16.5. The summed E-state index contributed by atoms with van der Waals surface area (Å²) in [7, 11) is 0. The van der Waals surface area contributed by atoms with Gasteiger partial charge in [-0.05, 0) is 54.5 Å². The minimum Gasteiger partial charge on any atom is -0.481 e. The van der Waals surface area contributed by atoms with Crippen molar-refractivity contribution in [2.75, 3.05) is 19.7 Å². The Balaban J connectivity index is 1.29. The Morgan fingerprint density at radius 2 is 1.46 bits per heavy atom. The van der Waals surface area contributed by atoms with Crippen molar-refractivity contribution in [3.63, 3.8) is 0 Å². The number of amides is 2. The fourth-order valence-corrected chi connectivity index (χ4v) is 5.86. The Bertz CT molecular complexity index is 1360. The number of carboxylic acid groups (broad SMARTS) is 1. The third kappa shape index (κ3) is 6.12. The summed E-state index contributed by atoms with van der Waals surface area (Å²) in [5, 5.41) is 15.2. The highest BCUT2D eigenvalue weighted by Gasteiger charge is 2.44. The number of hydrogen-bond acceptors (Lipinski definition) is 5. The van der Waals surface area contributed by atoms with E-state index >= 15 is 0 Å². The number of hydrogen-bond donors (Lipinski definition) is 3. The van der Waals surface area contributed by atoms with Crippen LogP contribution in [0.3, 0.4) is 0 Å². The molecule has 1 fully saturated rings. The number of benzene rings is 3. The molecule has 214 valence electrons. The van der Waals surface area contributed by atoms with Crippen LogP contribution in [-0.4, -0.2) is 59.3 Å². The number of carbonyl (C=O) groups excluding carboxylic acids is 2. The second kappa shape index (κ2) is 12.1. The summed E-state index contributed by atoms with van der Waals surface area (Å²) in [6.45, 7) is 5.30. The van der Waals surface area contributed by atoms with Gasteiger partial charge in [0.1, 0.15) is 12.1 Å². The summed E-state index contributed by atoms with van der Waals surface area (Å²) >= 11 is 0. The molecule has 8 heteroatoms. The number of nitrogens with zero attached hydrogens (tertiary/aromatic N) is 1. The molecule has 0 spiro atoms. The van der Waals surface area contributed by atoms with Gasteiger partial charge in [-0.1, -0.05) is 78.9 Å². The fraction of sp³-hybridized carbons (Fsp3) is 0.364. The van der Waals surface area contributed by atoms with Crippen molar-refractivity contribution in [3.8, 4) is 11.1 Å². The number of piperidine rings is 1. The second-order valence-electron chi connectivity index (χ2n) is 11.2. The predicted octanol–water partition coefficient (Wildman–Crippen LogP) is 4.79. The lowest BCUT2D eigenvalue weighted by Gasteiger charge is -2.41. The Morgan fingerprint density at radius 3 is 2.05 bits per heavy atom. The molecule has 1 aliphatic carbocycles. The summed E-state index contributed by atoms with van der Waals surface area (Å²) in [6, 6.07) is 25.8. The summed E-state index contributed by atoms with van der Waals surface area (Å²) in [5.41, 5.74) is 4.47. The maximum absolute atomic E-state index is 13.7. The van der Waals surface area contributed by atoms with Crippen LogP contribution in [0, 0.1) is 5.92 Å². The largest absolute Gasteiger partial charge is 0.481 e. The van der Waals surface area contributed by atoms with Gasteiger partial charge in [-0.25, -0.2) is 4.79 Å². The molecule has 3 aromatic carbocycles. The Kier molecular flexibility index (Phi) is 8.40. The van der Waals surface area contributed by atoms with Crippen molar-refractivity contribution >= 4 is 18.0 Å². The predicted molar refractivity (Wildman–Crippen MR) is 156 cm³/mol. The highest BCUT2D eigenvalue weighted by molar-refractivity contribution is 5.91. The van der Waals surface area contributed by atoms with Gasteiger partial charge in [0.2, 0.25) is 5.91 Å². The molecule has 8 nitrogen and oxygen atoms in total. The lowest BCUT2D eigenvalue weighted by molar-refractivity contribution is -0.142. The van der Waals surface area contributed by atoms with Crippen LogP contribution in [0.5, 0.6) is 0 Å². The van der Waals surface area contributed by atoms with Crippen LogP contribution in [-0.2, 0) is 20.9 Å². The van der Waals surface area contributed by atoms with E-state index in [1.807, 2.05) is 42.5 Å². The lowest BCUT2D eigenvalue weighted by atomic mass is 9.85. The van der Waals surface area contributed by atoms with Crippen LogP contribution in [0.2, 0.25) is 0 Å². The summed E-state index contributed by atoms with van der Waals surface area (Å²) in [4.78, 5) is 40.7. The number of alkyl carbamates (subject to hydrolysis) is 1. The molecule has 41 heavy (non-hydrogen) atoms. The van der Waals surface area contributed by atoms with E-state index in [-0.39, 0.29) is 18.4 Å². The molecule has 0 saturated carbocycles. The number of carbonyl (C=O) groups is 3. The number of carboxylic acids is 1. The molecular formula is C33H37N3O5. The standard InChI is InChI=1S/C33H37N3O5/c1-22(30(37)38)23(2)34-31(39)33(16-18-36(19-17-33)20-24-10-4-3-5-11-24)35-32(40)41-21-29-27-14-8-6-12-25(27)26-13-7-9-15-28(26)29/h3-15,22-23,29H,16-21H2,1-2H3,(H,34,39)(H,35,40)(H,37,38). The van der Waals surface area contributed by atoms with Gasteiger partial charge in [0.25, 0.3) is 0 Å². The smallest absolute Gasteiger partial charge is 0.408 e. The van der Waals surface area contributed by atoms with Gasteiger partial charge in [0, 0.05) is 31.6 Å². The van der Waals surface area contributed by atoms with Crippen molar-refractivity contribution in [1.29, 1.82) is 0 Å². The zero-order valence-electron chi connectivity index (χ0n) is 23.5. The molecule has 0 radical (unpaired) electrons. The third-order valence-electron chi connectivity index (χ3n) is 8.58. The van der Waals surface area contributed by atoms with Gasteiger partial charge >= 0.3 is 12.1 Å². The first-order chi connectivity index (χ1) is 19.8. The van der Waals surface area contributed by atoms with Crippen LogP contribution in [0.15, 0.2) is 78.9 Å². The van der Waals surface area contributed by atoms with E-state index in [9.17, 15) is 19.5 Å². The number of aliphatic carboxylic acids is 1. The van der Waals surface area contributed by atoms with Crippen LogP contribution < -0.4 is 10.6 Å². The van der Waals surface area contributed by atoms with E-state index in [1.54, 1.807) is 13.8 Å². The number of fused-ring (bicyclic) bond motifs is 3. The molecule has 2 unspecified atom stereocenters. The molecule has 1 heterocycles. The molecule has 5 rings (SSSR count). The van der Waals surface area contributed by atoms with E-state index in [0.717, 1.165) is 28.8 Å². The molecule has 2 aliphatic rings. The number of likely N-dealkylation sites (tertiary alicyclic amines) is 1. The third-order valence-corrected chi connectivity index (χ3v) is 8.58. The quantitative estimate of drug-likeness (QED) is 0.351. The summed E-state index contributed by atoms with van der Waals surface area (Å²) in [5.74, 6) is -2.24. The van der Waals surface area contributed by atoms with Crippen molar-refractivity contribution in [3.05, 3.63) is 95.6 Å². The first kappa shape index (κ1) is 28.4. The van der Waals surface area contributed by atoms with E-state index in [0.29, 0.717) is 25.9 Å². The highest BCUT2D eigenvalue weighted by Crippen LogP contribution is 2.44. The van der Waals surface area contributed by atoms with E-state index < -0.39 is 29.6 Å². The monoisotopic (exact) mass is 555 g/mol. The molecule has 3 N–H and O–H groups in total. The Hall–Kier alpha value is -4.17. The first-order valence-corrected chi connectivity index (χ1v) is 14.2. The van der Waals surface area contributed by atoms with Gasteiger partial charge in [0.05, 0.1) is 5.92 Å². The molecule has 0 aromatic heterocycles. The molecule has 2 atom stereocenters. The molecule has 1 saturated heterocycles. The summed E-state index contributed by atoms with van der Waals surface area (Å²) < 4.78 is 5.79. The topological polar surface area (TPSA) is 108 Å². The van der Waals surface area contributed by atoms with Gasteiger partial charge < -0.3 is 20.5 Å². The number of ether oxygens (including phenoxy) is 1. The maximum atomic E-state index is 13.7. The minimum atomic E-state index is -1.21. The van der Waals surface area contributed by atoms with Crippen molar-refractivity contribution in [2.24, 2.45) is 5.92 Å². The van der Waals surface area contributed by atoms with Crippen molar-refractivity contribution in [2.45, 2.75) is 50.7 Å². The maximum Gasteiger partial charge on any atom is 0.408 e. The van der Waals surface area contributed by atoms with Crippen LogP contribution >= 0.6 is 0 Å². The van der Waals surface area contributed by atoms with Crippen LogP contribution in [0.1, 0.15) is 49.3 Å². The zero-order chi connectivity index (χ0) is 29.0. The van der Waals surface area contributed by atoms with Crippen LogP contribution in [0.25, 0.3) is 11.1 Å². The average molecular weight is 556 g/mol. The van der Waals surface area contributed by atoms with E-state index in [4.69, 9.17) is 4.74 Å². The van der Waals surface area contributed by atoms with Gasteiger partial charge in [0.15, 0.2) is 0 Å². The molecule has 0 bridgehead atoms. The number of nitrogens with one attached hydrogen (secondary N) is 2. The Labute approximate surface area is 240 Å². The molecule has 1 aliphatic heterocycles. The first-order valence-electron chi connectivity index (χ1n) is 14.2. The zero-order valence-corrected chi connectivity index (χ0v) is 23.5. The van der Waals surface area contributed by atoms with Gasteiger partial charge in [-0.2, -0.15) is 0 Å². The number of rotatable bonds is 9. The van der Waals surface area contributed by atoms with Gasteiger partial charge in [-0.15, -0.1) is 0 Å². The Morgan fingerprint density at radius 1 is 0.902 bits per heavy atom. The lowest BCUT2D eigenvalue weighted by Crippen LogP contribution is -2.64. The molecule has 3 aromatic rings. The summed E-state index contributed by atoms with van der Waals surface area (Å²) in [6.07, 6.45) is 0.103. The van der Waals surface area contributed by atoms with Gasteiger partial charge in [-0.3, -0.25) is 14.5 Å². The fourth-order valence-electron chi connectivity index (χ4n) is 5.86. The van der Waals surface area contributed by atoms with E-state index in [1.165, 1.54) is 5.56 Å². The molecular weight excluding hydrogens is 518 g/mol. The van der Waals surface area contributed by atoms with E-state index in [2.05, 4.69) is 51.9 Å².